The van der Waals surface area contributed by atoms with E-state index in [1.165, 1.54) is 17.7 Å². The van der Waals surface area contributed by atoms with E-state index < -0.39 is 10.0 Å². The second-order valence-corrected chi connectivity index (χ2v) is 9.35. The molecule has 30 heavy (non-hydrogen) atoms. The first-order valence-corrected chi connectivity index (χ1v) is 11.6. The predicted molar refractivity (Wildman–Crippen MR) is 133 cm³/mol. The van der Waals surface area contributed by atoms with Crippen molar-refractivity contribution >= 4 is 51.6 Å². The SMILES string of the molecule is CCNC(=NCC1(c2cccc(Cl)c2)CC1)NCCc1ccc(S(N)(=O)=O)cc1.I. The van der Waals surface area contributed by atoms with Crippen LogP contribution in [0.15, 0.2) is 58.4 Å². The van der Waals surface area contributed by atoms with Crippen molar-refractivity contribution in [1.82, 2.24) is 10.6 Å². The molecular weight excluding hydrogens is 535 g/mol. The van der Waals surface area contributed by atoms with Gasteiger partial charge in [-0.2, -0.15) is 0 Å². The fourth-order valence-corrected chi connectivity index (χ4v) is 3.96. The Morgan fingerprint density at radius 2 is 1.87 bits per heavy atom. The van der Waals surface area contributed by atoms with Gasteiger partial charge in [-0.1, -0.05) is 35.9 Å². The minimum absolute atomic E-state index is 0. The predicted octanol–water partition coefficient (Wildman–Crippen LogP) is 3.43. The fraction of sp³-hybridized carbons (Fsp3) is 0.381. The van der Waals surface area contributed by atoms with E-state index >= 15 is 0 Å². The van der Waals surface area contributed by atoms with E-state index in [9.17, 15) is 8.42 Å². The van der Waals surface area contributed by atoms with Crippen LogP contribution in [0.2, 0.25) is 5.02 Å². The maximum absolute atomic E-state index is 11.3. The summed E-state index contributed by atoms with van der Waals surface area (Å²) in [5.41, 5.74) is 2.37. The van der Waals surface area contributed by atoms with Crippen molar-refractivity contribution < 1.29 is 8.42 Å². The lowest BCUT2D eigenvalue weighted by Crippen LogP contribution is -2.39. The zero-order chi connectivity index (χ0) is 20.9. The number of nitrogens with two attached hydrogens (primary N) is 1. The zero-order valence-corrected chi connectivity index (χ0v) is 20.8. The number of rotatable bonds is 8. The smallest absolute Gasteiger partial charge is 0.238 e. The third-order valence-electron chi connectivity index (χ3n) is 5.13. The summed E-state index contributed by atoms with van der Waals surface area (Å²) in [5.74, 6) is 0.780. The molecule has 0 bridgehead atoms. The van der Waals surface area contributed by atoms with Gasteiger partial charge in [0.15, 0.2) is 5.96 Å². The quantitative estimate of drug-likeness (QED) is 0.261. The van der Waals surface area contributed by atoms with Gasteiger partial charge >= 0.3 is 0 Å². The Labute approximate surface area is 200 Å². The summed E-state index contributed by atoms with van der Waals surface area (Å²) in [6, 6.07) is 14.7. The number of guanidine groups is 1. The number of nitrogens with one attached hydrogen (secondary N) is 2. The molecule has 0 heterocycles. The third-order valence-corrected chi connectivity index (χ3v) is 6.30. The molecule has 6 nitrogen and oxygen atoms in total. The Hall–Kier alpha value is -1.36. The largest absolute Gasteiger partial charge is 0.357 e. The molecule has 0 saturated heterocycles. The molecule has 2 aromatic rings. The Balaban J connectivity index is 0.00000320. The van der Waals surface area contributed by atoms with Gasteiger partial charge in [-0.3, -0.25) is 4.99 Å². The summed E-state index contributed by atoms with van der Waals surface area (Å²) in [5, 5.41) is 12.5. The van der Waals surface area contributed by atoms with Crippen LogP contribution in [0.3, 0.4) is 0 Å². The summed E-state index contributed by atoms with van der Waals surface area (Å²) in [6.45, 7) is 4.21. The maximum Gasteiger partial charge on any atom is 0.238 e. The number of halogens is 2. The van der Waals surface area contributed by atoms with Crippen molar-refractivity contribution in [2.45, 2.75) is 36.5 Å². The van der Waals surface area contributed by atoms with Crippen molar-refractivity contribution in [3.8, 4) is 0 Å². The summed E-state index contributed by atoms with van der Waals surface area (Å²) >= 11 is 6.15. The lowest BCUT2D eigenvalue weighted by molar-refractivity contribution is 0.598. The molecule has 0 radical (unpaired) electrons. The van der Waals surface area contributed by atoms with E-state index in [1.54, 1.807) is 12.1 Å². The molecule has 9 heteroatoms. The summed E-state index contributed by atoms with van der Waals surface area (Å²) in [4.78, 5) is 4.91. The highest BCUT2D eigenvalue weighted by Crippen LogP contribution is 2.48. The van der Waals surface area contributed by atoms with Crippen molar-refractivity contribution in [2.24, 2.45) is 10.1 Å². The summed E-state index contributed by atoms with van der Waals surface area (Å²) in [6.07, 6.45) is 2.98. The highest BCUT2D eigenvalue weighted by atomic mass is 127. The molecule has 0 unspecified atom stereocenters. The topological polar surface area (TPSA) is 96.6 Å². The number of aliphatic imine (C=N–C) groups is 1. The number of benzene rings is 2. The fourth-order valence-electron chi connectivity index (χ4n) is 3.25. The van der Waals surface area contributed by atoms with Gasteiger partial charge in [-0.05, 0) is 61.6 Å². The normalized spacial score (nSPS) is 15.2. The second kappa shape index (κ2) is 10.8. The zero-order valence-electron chi connectivity index (χ0n) is 16.9. The van der Waals surface area contributed by atoms with E-state index in [0.717, 1.165) is 42.4 Å². The molecule has 0 atom stereocenters. The molecule has 1 aliphatic rings. The monoisotopic (exact) mass is 562 g/mol. The van der Waals surface area contributed by atoms with Gasteiger partial charge in [0.2, 0.25) is 10.0 Å². The van der Waals surface area contributed by atoms with E-state index in [0.29, 0.717) is 13.1 Å². The van der Waals surface area contributed by atoms with Gasteiger partial charge < -0.3 is 10.6 Å². The van der Waals surface area contributed by atoms with Crippen LogP contribution in [0.25, 0.3) is 0 Å². The molecular formula is C21H28ClIN4O2S. The van der Waals surface area contributed by atoms with Gasteiger partial charge in [0.25, 0.3) is 0 Å². The molecule has 0 spiro atoms. The van der Waals surface area contributed by atoms with Crippen molar-refractivity contribution in [3.05, 3.63) is 64.7 Å². The first-order valence-electron chi connectivity index (χ1n) is 9.72. The Bertz CT molecular complexity index is 977. The van der Waals surface area contributed by atoms with Gasteiger partial charge in [0.05, 0.1) is 11.4 Å². The van der Waals surface area contributed by atoms with Gasteiger partial charge in [0.1, 0.15) is 0 Å². The maximum atomic E-state index is 11.3. The van der Waals surface area contributed by atoms with Gasteiger partial charge in [-0.25, -0.2) is 13.6 Å². The average Bonchev–Trinajstić information content (AvgIpc) is 3.47. The van der Waals surface area contributed by atoms with Crippen LogP contribution < -0.4 is 15.8 Å². The highest BCUT2D eigenvalue weighted by Gasteiger charge is 2.44. The van der Waals surface area contributed by atoms with E-state index in [2.05, 4.69) is 16.7 Å². The first-order chi connectivity index (χ1) is 13.8. The van der Waals surface area contributed by atoms with E-state index in [4.69, 9.17) is 21.7 Å². The van der Waals surface area contributed by atoms with Crippen LogP contribution in [-0.4, -0.2) is 34.0 Å². The van der Waals surface area contributed by atoms with Crippen LogP contribution in [0.5, 0.6) is 0 Å². The molecule has 0 aliphatic heterocycles. The van der Waals surface area contributed by atoms with Crippen LogP contribution in [0, 0.1) is 0 Å². The average molecular weight is 563 g/mol. The molecule has 2 aromatic carbocycles. The lowest BCUT2D eigenvalue weighted by atomic mass is 9.96. The molecule has 3 rings (SSSR count). The van der Waals surface area contributed by atoms with Crippen molar-refractivity contribution in [2.75, 3.05) is 19.6 Å². The van der Waals surface area contributed by atoms with E-state index in [-0.39, 0.29) is 34.3 Å². The van der Waals surface area contributed by atoms with Gasteiger partial charge in [0, 0.05) is 23.5 Å². The number of hydrogen-bond acceptors (Lipinski definition) is 3. The van der Waals surface area contributed by atoms with Crippen molar-refractivity contribution in [3.63, 3.8) is 0 Å². The minimum atomic E-state index is -3.65. The summed E-state index contributed by atoms with van der Waals surface area (Å²) < 4.78 is 22.7. The van der Waals surface area contributed by atoms with E-state index in [1.807, 2.05) is 25.1 Å². The minimum Gasteiger partial charge on any atom is -0.357 e. The number of hydrogen-bond donors (Lipinski definition) is 3. The van der Waals surface area contributed by atoms with Crippen LogP contribution in [-0.2, 0) is 21.9 Å². The standard InChI is InChI=1S/C21H27ClN4O2S.HI/c1-2-24-20(25-13-10-16-6-8-19(9-7-16)29(23,27)28)26-15-21(11-12-21)17-4-3-5-18(22)14-17;/h3-9,14H,2,10-13,15H2,1H3,(H2,23,27,28)(H2,24,25,26);1H. The Morgan fingerprint density at radius 1 is 1.17 bits per heavy atom. The number of primary sulfonamides is 1. The third kappa shape index (κ3) is 6.83. The van der Waals surface area contributed by atoms with Crippen LogP contribution in [0.1, 0.15) is 30.9 Å². The molecule has 1 aliphatic carbocycles. The molecule has 4 N–H and O–H groups in total. The molecule has 1 saturated carbocycles. The van der Waals surface area contributed by atoms with Crippen molar-refractivity contribution in [1.29, 1.82) is 0 Å². The molecule has 0 amide bonds. The molecule has 0 aromatic heterocycles. The molecule has 164 valence electrons. The lowest BCUT2D eigenvalue weighted by Gasteiger charge is -2.16. The molecule has 1 fully saturated rings. The van der Waals surface area contributed by atoms with Crippen LogP contribution >= 0.6 is 35.6 Å². The van der Waals surface area contributed by atoms with Gasteiger partial charge in [-0.15, -0.1) is 24.0 Å². The second-order valence-electron chi connectivity index (χ2n) is 7.35. The first kappa shape index (κ1) is 24.9. The summed E-state index contributed by atoms with van der Waals surface area (Å²) in [7, 11) is -3.65. The van der Waals surface area contributed by atoms with Crippen LogP contribution in [0.4, 0.5) is 0 Å². The number of sulfonamides is 1. The Morgan fingerprint density at radius 3 is 2.43 bits per heavy atom. The highest BCUT2D eigenvalue weighted by molar-refractivity contribution is 14.0. The Kier molecular flexibility index (Phi) is 8.96. The number of nitrogens with zero attached hydrogens (tertiary/aromatic N) is 1.